The van der Waals surface area contributed by atoms with Gasteiger partial charge in [-0.25, -0.2) is 0 Å². The number of hydrogen-bond donors (Lipinski definition) is 2. The van der Waals surface area contributed by atoms with E-state index in [4.69, 9.17) is 5.73 Å². The average Bonchev–Trinajstić information content (AvgIpc) is 2.42. The minimum absolute atomic E-state index is 0.0649. The van der Waals surface area contributed by atoms with Crippen molar-refractivity contribution in [1.29, 1.82) is 0 Å². The van der Waals surface area contributed by atoms with Crippen molar-refractivity contribution in [3.05, 3.63) is 29.8 Å². The van der Waals surface area contributed by atoms with E-state index in [0.29, 0.717) is 13.1 Å². The third-order valence-corrected chi connectivity index (χ3v) is 3.72. The lowest BCUT2D eigenvalue weighted by molar-refractivity contribution is -0.117. The first-order valence-electron chi connectivity index (χ1n) is 6.98. The standard InChI is InChI=1S/C15H23N3O/c1-12-6-8-18(9-7-12)11-15(19)17-14-4-2-13(10-16)3-5-14/h2-5,12H,6-11,16H2,1H3,(H,17,19). The first kappa shape index (κ1) is 14.0. The summed E-state index contributed by atoms with van der Waals surface area (Å²) in [5, 5.41) is 2.93. The molecular weight excluding hydrogens is 238 g/mol. The van der Waals surface area contributed by atoms with Crippen molar-refractivity contribution >= 4 is 11.6 Å². The van der Waals surface area contributed by atoms with Crippen molar-refractivity contribution in [2.45, 2.75) is 26.3 Å². The summed E-state index contributed by atoms with van der Waals surface area (Å²) >= 11 is 0. The highest BCUT2D eigenvalue weighted by Crippen LogP contribution is 2.16. The normalized spacial score (nSPS) is 17.4. The molecule has 0 spiro atoms. The van der Waals surface area contributed by atoms with Gasteiger partial charge in [0.25, 0.3) is 0 Å². The third kappa shape index (κ3) is 4.33. The van der Waals surface area contributed by atoms with Gasteiger partial charge in [0.15, 0.2) is 0 Å². The number of piperidine rings is 1. The number of benzene rings is 1. The average molecular weight is 261 g/mol. The maximum atomic E-state index is 11.9. The number of likely N-dealkylation sites (tertiary alicyclic amines) is 1. The van der Waals surface area contributed by atoms with Gasteiger partial charge in [-0.15, -0.1) is 0 Å². The summed E-state index contributed by atoms with van der Waals surface area (Å²) in [7, 11) is 0. The van der Waals surface area contributed by atoms with Crippen molar-refractivity contribution in [3.8, 4) is 0 Å². The molecule has 4 heteroatoms. The predicted molar refractivity (Wildman–Crippen MR) is 77.8 cm³/mol. The molecule has 1 saturated heterocycles. The van der Waals surface area contributed by atoms with Crippen LogP contribution in [0.5, 0.6) is 0 Å². The van der Waals surface area contributed by atoms with Crippen molar-refractivity contribution in [1.82, 2.24) is 4.90 Å². The van der Waals surface area contributed by atoms with Gasteiger partial charge in [-0.3, -0.25) is 9.69 Å². The Hall–Kier alpha value is -1.39. The van der Waals surface area contributed by atoms with E-state index in [1.807, 2.05) is 24.3 Å². The van der Waals surface area contributed by atoms with Gasteiger partial charge in [0.2, 0.25) is 5.91 Å². The van der Waals surface area contributed by atoms with E-state index >= 15 is 0 Å². The van der Waals surface area contributed by atoms with Gasteiger partial charge in [-0.2, -0.15) is 0 Å². The van der Waals surface area contributed by atoms with Crippen molar-refractivity contribution in [2.24, 2.45) is 11.7 Å². The van der Waals surface area contributed by atoms with E-state index in [0.717, 1.165) is 30.3 Å². The number of rotatable bonds is 4. The lowest BCUT2D eigenvalue weighted by atomic mass is 9.99. The van der Waals surface area contributed by atoms with Gasteiger partial charge in [0.1, 0.15) is 0 Å². The molecule has 0 aliphatic carbocycles. The predicted octanol–water partition coefficient (Wildman–Crippen LogP) is 1.82. The summed E-state index contributed by atoms with van der Waals surface area (Å²) in [6.45, 7) is 5.35. The Labute approximate surface area is 115 Å². The Morgan fingerprint density at radius 1 is 1.32 bits per heavy atom. The van der Waals surface area contributed by atoms with Crippen LogP contribution in [0.3, 0.4) is 0 Å². The number of nitrogens with one attached hydrogen (secondary N) is 1. The SMILES string of the molecule is CC1CCN(CC(=O)Nc2ccc(CN)cc2)CC1. The Morgan fingerprint density at radius 2 is 1.95 bits per heavy atom. The zero-order chi connectivity index (χ0) is 13.7. The zero-order valence-corrected chi connectivity index (χ0v) is 11.6. The van der Waals surface area contributed by atoms with Gasteiger partial charge in [0.05, 0.1) is 6.54 Å². The number of carbonyl (C=O) groups excluding carboxylic acids is 1. The van der Waals surface area contributed by atoms with Gasteiger partial charge in [-0.1, -0.05) is 19.1 Å². The van der Waals surface area contributed by atoms with Crippen LogP contribution in [0.4, 0.5) is 5.69 Å². The van der Waals surface area contributed by atoms with Crippen LogP contribution in [-0.4, -0.2) is 30.4 Å². The Kier molecular flexibility index (Phi) is 4.93. The molecule has 2 rings (SSSR count). The number of nitrogens with zero attached hydrogens (tertiary/aromatic N) is 1. The van der Waals surface area contributed by atoms with E-state index in [-0.39, 0.29) is 5.91 Å². The Bertz CT molecular complexity index is 408. The second-order valence-electron chi connectivity index (χ2n) is 5.41. The molecule has 1 aliphatic heterocycles. The van der Waals surface area contributed by atoms with Crippen LogP contribution in [0, 0.1) is 5.92 Å². The number of hydrogen-bond acceptors (Lipinski definition) is 3. The molecule has 0 bridgehead atoms. The van der Waals surface area contributed by atoms with Crippen molar-refractivity contribution < 1.29 is 4.79 Å². The lowest BCUT2D eigenvalue weighted by Gasteiger charge is -2.29. The minimum atomic E-state index is 0.0649. The molecule has 0 aromatic heterocycles. The first-order chi connectivity index (χ1) is 9.17. The highest BCUT2D eigenvalue weighted by molar-refractivity contribution is 5.92. The number of nitrogens with two attached hydrogens (primary N) is 1. The van der Waals surface area contributed by atoms with Crippen LogP contribution in [-0.2, 0) is 11.3 Å². The molecule has 1 aromatic rings. The highest BCUT2D eigenvalue weighted by atomic mass is 16.2. The molecule has 1 aliphatic rings. The van der Waals surface area contributed by atoms with E-state index in [2.05, 4.69) is 17.1 Å². The summed E-state index contributed by atoms with van der Waals surface area (Å²) in [6, 6.07) is 7.69. The van der Waals surface area contributed by atoms with Crippen LogP contribution in [0.15, 0.2) is 24.3 Å². The number of carbonyl (C=O) groups is 1. The van der Waals surface area contributed by atoms with Gasteiger partial charge in [0, 0.05) is 12.2 Å². The van der Waals surface area contributed by atoms with Gasteiger partial charge < -0.3 is 11.1 Å². The fourth-order valence-electron chi connectivity index (χ4n) is 2.35. The molecule has 3 N–H and O–H groups in total. The maximum Gasteiger partial charge on any atom is 0.238 e. The molecule has 19 heavy (non-hydrogen) atoms. The van der Waals surface area contributed by atoms with Crippen molar-refractivity contribution in [3.63, 3.8) is 0 Å². The fraction of sp³-hybridized carbons (Fsp3) is 0.533. The monoisotopic (exact) mass is 261 g/mol. The van der Waals surface area contributed by atoms with Crippen LogP contribution in [0.2, 0.25) is 0 Å². The van der Waals surface area contributed by atoms with Crippen LogP contribution in [0.1, 0.15) is 25.3 Å². The molecule has 1 amide bonds. The topological polar surface area (TPSA) is 58.4 Å². The second-order valence-corrected chi connectivity index (χ2v) is 5.41. The third-order valence-electron chi connectivity index (χ3n) is 3.72. The van der Waals surface area contributed by atoms with E-state index in [9.17, 15) is 4.79 Å². The molecule has 1 aromatic carbocycles. The molecule has 104 valence electrons. The van der Waals surface area contributed by atoms with E-state index < -0.39 is 0 Å². The first-order valence-corrected chi connectivity index (χ1v) is 6.98. The van der Waals surface area contributed by atoms with Crippen LogP contribution < -0.4 is 11.1 Å². The molecule has 1 fully saturated rings. The summed E-state index contributed by atoms with van der Waals surface area (Å²) < 4.78 is 0. The zero-order valence-electron chi connectivity index (χ0n) is 11.6. The highest BCUT2D eigenvalue weighted by Gasteiger charge is 2.17. The molecule has 0 unspecified atom stereocenters. The van der Waals surface area contributed by atoms with Crippen LogP contribution >= 0.6 is 0 Å². The minimum Gasteiger partial charge on any atom is -0.326 e. The lowest BCUT2D eigenvalue weighted by Crippen LogP contribution is -2.38. The molecule has 0 saturated carbocycles. The quantitative estimate of drug-likeness (QED) is 0.869. The fourth-order valence-corrected chi connectivity index (χ4v) is 2.35. The smallest absolute Gasteiger partial charge is 0.238 e. The van der Waals surface area contributed by atoms with Gasteiger partial charge >= 0.3 is 0 Å². The molecular formula is C15H23N3O. The molecule has 4 nitrogen and oxygen atoms in total. The van der Waals surface area contributed by atoms with E-state index in [1.54, 1.807) is 0 Å². The number of amides is 1. The molecule has 1 heterocycles. The molecule has 0 radical (unpaired) electrons. The summed E-state index contributed by atoms with van der Waals surface area (Å²) in [4.78, 5) is 14.2. The summed E-state index contributed by atoms with van der Waals surface area (Å²) in [5.74, 6) is 0.859. The second kappa shape index (κ2) is 6.68. The maximum absolute atomic E-state index is 11.9. The van der Waals surface area contributed by atoms with Gasteiger partial charge in [-0.05, 0) is 49.5 Å². The number of anilines is 1. The summed E-state index contributed by atoms with van der Waals surface area (Å²) in [6.07, 6.45) is 2.39. The van der Waals surface area contributed by atoms with Crippen molar-refractivity contribution in [2.75, 3.05) is 25.0 Å². The Morgan fingerprint density at radius 3 is 2.53 bits per heavy atom. The van der Waals surface area contributed by atoms with Crippen LogP contribution in [0.25, 0.3) is 0 Å². The van der Waals surface area contributed by atoms with E-state index in [1.165, 1.54) is 12.8 Å². The summed E-state index contributed by atoms with van der Waals surface area (Å²) in [5.41, 5.74) is 7.45. The largest absolute Gasteiger partial charge is 0.326 e. The Balaban J connectivity index is 1.80. The molecule has 0 atom stereocenters.